The average molecular weight is 433 g/mol. The number of aromatic nitrogens is 1. The standard InChI is InChI=1S/C22H16N4O2S2/c27-26(28)17-10-8-16(9-11-17)20-13-18(21-7-4-12-29-21)24-25(20)22-23-19(14-30-22)15-5-2-1-3-6-15/h1-12,14,20H,13H2/t20-/m0/s1. The zero-order valence-electron chi connectivity index (χ0n) is 15.7. The van der Waals surface area contributed by atoms with Crippen LogP contribution in [0.25, 0.3) is 11.3 Å². The lowest BCUT2D eigenvalue weighted by Crippen LogP contribution is -2.18. The number of nitro groups is 1. The molecule has 1 atom stereocenters. The van der Waals surface area contributed by atoms with E-state index < -0.39 is 0 Å². The third-order valence-electron chi connectivity index (χ3n) is 4.96. The predicted octanol–water partition coefficient (Wildman–Crippen LogP) is 6.14. The maximum atomic E-state index is 11.0. The van der Waals surface area contributed by atoms with Gasteiger partial charge in [-0.2, -0.15) is 5.10 Å². The van der Waals surface area contributed by atoms with E-state index in [0.717, 1.165) is 39.0 Å². The molecule has 2 aromatic heterocycles. The Balaban J connectivity index is 1.52. The molecule has 0 unspecified atom stereocenters. The Hall–Kier alpha value is -3.36. The largest absolute Gasteiger partial charge is 0.269 e. The van der Waals surface area contributed by atoms with E-state index in [2.05, 4.69) is 6.07 Å². The zero-order chi connectivity index (χ0) is 20.5. The molecule has 148 valence electrons. The SMILES string of the molecule is O=[N+]([O-])c1ccc([C@@H]2CC(c3cccs3)=NN2c2nc(-c3ccccc3)cs2)cc1. The summed E-state index contributed by atoms with van der Waals surface area (Å²) in [6.45, 7) is 0. The van der Waals surface area contributed by atoms with Gasteiger partial charge < -0.3 is 0 Å². The van der Waals surface area contributed by atoms with Gasteiger partial charge in [0.2, 0.25) is 5.13 Å². The molecule has 6 nitrogen and oxygen atoms in total. The summed E-state index contributed by atoms with van der Waals surface area (Å²) < 4.78 is 0. The molecule has 0 N–H and O–H groups in total. The van der Waals surface area contributed by atoms with Crippen LogP contribution in [0.1, 0.15) is 22.9 Å². The lowest BCUT2D eigenvalue weighted by molar-refractivity contribution is -0.384. The molecular weight excluding hydrogens is 416 g/mol. The monoisotopic (exact) mass is 432 g/mol. The van der Waals surface area contributed by atoms with Crippen molar-refractivity contribution < 1.29 is 4.92 Å². The first kappa shape index (κ1) is 18.7. The second-order valence-corrected chi connectivity index (χ2v) is 8.60. The van der Waals surface area contributed by atoms with Gasteiger partial charge >= 0.3 is 0 Å². The number of anilines is 1. The molecular formula is C22H16N4O2S2. The number of nitro benzene ring substituents is 1. The van der Waals surface area contributed by atoms with Gasteiger partial charge in [0.1, 0.15) is 0 Å². The molecule has 0 fully saturated rings. The molecule has 2 aromatic carbocycles. The van der Waals surface area contributed by atoms with E-state index in [9.17, 15) is 10.1 Å². The van der Waals surface area contributed by atoms with E-state index in [1.54, 1.807) is 34.8 Å². The summed E-state index contributed by atoms with van der Waals surface area (Å²) in [6, 6.07) is 20.8. The summed E-state index contributed by atoms with van der Waals surface area (Å²) >= 11 is 3.21. The van der Waals surface area contributed by atoms with E-state index in [0.29, 0.717) is 0 Å². The minimum absolute atomic E-state index is 0.0577. The number of hydrogen-bond acceptors (Lipinski definition) is 7. The van der Waals surface area contributed by atoms with Crippen molar-refractivity contribution in [2.45, 2.75) is 12.5 Å². The third kappa shape index (κ3) is 3.51. The lowest BCUT2D eigenvalue weighted by atomic mass is 10.0. The van der Waals surface area contributed by atoms with Crippen LogP contribution in [0.4, 0.5) is 10.8 Å². The Labute approximate surface area is 180 Å². The van der Waals surface area contributed by atoms with Gasteiger partial charge in [-0.1, -0.05) is 48.5 Å². The predicted molar refractivity (Wildman–Crippen MR) is 121 cm³/mol. The minimum atomic E-state index is -0.378. The number of rotatable bonds is 5. The molecule has 1 aliphatic rings. The Morgan fingerprint density at radius 3 is 2.50 bits per heavy atom. The van der Waals surface area contributed by atoms with Gasteiger partial charge in [0.05, 0.1) is 27.2 Å². The Morgan fingerprint density at radius 1 is 1.00 bits per heavy atom. The first-order valence-corrected chi connectivity index (χ1v) is 11.1. The van der Waals surface area contributed by atoms with Crippen molar-refractivity contribution in [2.24, 2.45) is 5.10 Å². The molecule has 30 heavy (non-hydrogen) atoms. The molecule has 0 saturated heterocycles. The highest BCUT2D eigenvalue weighted by Crippen LogP contribution is 2.40. The Kier molecular flexibility index (Phi) is 4.86. The number of hydrazone groups is 1. The van der Waals surface area contributed by atoms with E-state index in [1.165, 1.54) is 0 Å². The van der Waals surface area contributed by atoms with Crippen molar-refractivity contribution in [3.8, 4) is 11.3 Å². The van der Waals surface area contributed by atoms with Crippen LogP contribution in [0.3, 0.4) is 0 Å². The number of thiazole rings is 1. The molecule has 0 amide bonds. The van der Waals surface area contributed by atoms with Crippen LogP contribution < -0.4 is 5.01 Å². The fourth-order valence-corrected chi connectivity index (χ4v) is 5.02. The van der Waals surface area contributed by atoms with Crippen molar-refractivity contribution in [1.29, 1.82) is 0 Å². The van der Waals surface area contributed by atoms with Crippen LogP contribution in [0.5, 0.6) is 0 Å². The van der Waals surface area contributed by atoms with Crippen LogP contribution >= 0.6 is 22.7 Å². The van der Waals surface area contributed by atoms with Gasteiger partial charge in [-0.15, -0.1) is 22.7 Å². The van der Waals surface area contributed by atoms with Gasteiger partial charge in [-0.3, -0.25) is 10.1 Å². The molecule has 1 aliphatic heterocycles. The quantitative estimate of drug-likeness (QED) is 0.281. The summed E-state index contributed by atoms with van der Waals surface area (Å²) in [7, 11) is 0. The molecule has 4 aromatic rings. The smallest absolute Gasteiger partial charge is 0.258 e. The van der Waals surface area contributed by atoms with Gasteiger partial charge in [0.15, 0.2) is 0 Å². The maximum Gasteiger partial charge on any atom is 0.269 e. The fraction of sp³-hybridized carbons (Fsp3) is 0.0909. The first-order valence-electron chi connectivity index (χ1n) is 9.35. The summed E-state index contributed by atoms with van der Waals surface area (Å²) in [6.07, 6.45) is 0.721. The molecule has 3 heterocycles. The highest BCUT2D eigenvalue weighted by atomic mass is 32.1. The van der Waals surface area contributed by atoms with Crippen molar-refractivity contribution in [3.05, 3.63) is 98.0 Å². The highest BCUT2D eigenvalue weighted by molar-refractivity contribution is 7.14. The second kappa shape index (κ2) is 7.81. The Bertz CT molecular complexity index is 1200. The summed E-state index contributed by atoms with van der Waals surface area (Å²) in [5.74, 6) is 0. The summed E-state index contributed by atoms with van der Waals surface area (Å²) in [5, 5.41) is 22.8. The minimum Gasteiger partial charge on any atom is -0.258 e. The third-order valence-corrected chi connectivity index (χ3v) is 6.71. The van der Waals surface area contributed by atoms with E-state index in [1.807, 2.05) is 64.3 Å². The molecule has 0 aliphatic carbocycles. The van der Waals surface area contributed by atoms with Crippen molar-refractivity contribution in [2.75, 3.05) is 5.01 Å². The molecule has 0 spiro atoms. The highest BCUT2D eigenvalue weighted by Gasteiger charge is 2.32. The molecule has 8 heteroatoms. The number of nitrogens with zero attached hydrogens (tertiary/aromatic N) is 4. The van der Waals surface area contributed by atoms with Gasteiger partial charge in [0, 0.05) is 29.5 Å². The molecule has 0 saturated carbocycles. The van der Waals surface area contributed by atoms with Crippen LogP contribution in [0.15, 0.2) is 82.6 Å². The first-order chi connectivity index (χ1) is 14.7. The number of benzene rings is 2. The van der Waals surface area contributed by atoms with Gasteiger partial charge in [-0.25, -0.2) is 9.99 Å². The average Bonchev–Trinajstić information content (AvgIpc) is 3.54. The summed E-state index contributed by atoms with van der Waals surface area (Å²) in [5.41, 5.74) is 4.05. The number of non-ortho nitro benzene ring substituents is 1. The molecule has 0 radical (unpaired) electrons. The summed E-state index contributed by atoms with van der Waals surface area (Å²) in [4.78, 5) is 16.6. The topological polar surface area (TPSA) is 71.6 Å². The number of thiophene rings is 1. The van der Waals surface area contributed by atoms with E-state index in [4.69, 9.17) is 10.1 Å². The van der Waals surface area contributed by atoms with Crippen LogP contribution in [-0.2, 0) is 0 Å². The van der Waals surface area contributed by atoms with Crippen molar-refractivity contribution in [3.63, 3.8) is 0 Å². The molecule has 0 bridgehead atoms. The van der Waals surface area contributed by atoms with E-state index in [-0.39, 0.29) is 16.7 Å². The van der Waals surface area contributed by atoms with Crippen LogP contribution in [0, 0.1) is 10.1 Å². The number of hydrogen-bond donors (Lipinski definition) is 0. The van der Waals surface area contributed by atoms with Crippen LogP contribution in [-0.4, -0.2) is 15.6 Å². The van der Waals surface area contributed by atoms with Crippen molar-refractivity contribution >= 4 is 39.2 Å². The zero-order valence-corrected chi connectivity index (χ0v) is 17.3. The Morgan fingerprint density at radius 2 is 1.80 bits per heavy atom. The lowest BCUT2D eigenvalue weighted by Gasteiger charge is -2.21. The fourth-order valence-electron chi connectivity index (χ4n) is 3.47. The van der Waals surface area contributed by atoms with Gasteiger partial charge in [-0.05, 0) is 17.0 Å². The van der Waals surface area contributed by atoms with E-state index >= 15 is 0 Å². The molecule has 5 rings (SSSR count). The van der Waals surface area contributed by atoms with Gasteiger partial charge in [0.25, 0.3) is 5.69 Å². The normalized spacial score (nSPS) is 15.9. The maximum absolute atomic E-state index is 11.0. The van der Waals surface area contributed by atoms with Crippen LogP contribution in [0.2, 0.25) is 0 Å². The van der Waals surface area contributed by atoms with Crippen molar-refractivity contribution in [1.82, 2.24) is 4.98 Å². The second-order valence-electron chi connectivity index (χ2n) is 6.82.